The van der Waals surface area contributed by atoms with E-state index in [2.05, 4.69) is 5.32 Å². The molecular weight excluding hydrogens is 469 g/mol. The minimum Gasteiger partial charge on any atom is -0.350 e. The maximum atomic E-state index is 14.1. The molecule has 1 heterocycles. The van der Waals surface area contributed by atoms with Crippen LogP contribution in [0.4, 0.5) is 4.39 Å². The maximum Gasteiger partial charge on any atom is 0.255 e. The molecule has 3 aromatic carbocycles. The van der Waals surface area contributed by atoms with Crippen molar-refractivity contribution in [3.8, 4) is 0 Å². The summed E-state index contributed by atoms with van der Waals surface area (Å²) >= 11 is 0. The van der Waals surface area contributed by atoms with Gasteiger partial charge in [-0.1, -0.05) is 60.2 Å². The Labute approximate surface area is 217 Å². The molecule has 0 aliphatic carbocycles. The van der Waals surface area contributed by atoms with Gasteiger partial charge >= 0.3 is 0 Å². The number of carbonyl (C=O) groups excluding carboxylic acids is 3. The van der Waals surface area contributed by atoms with Crippen LogP contribution in [0, 0.1) is 12.7 Å². The van der Waals surface area contributed by atoms with E-state index in [1.54, 1.807) is 34.1 Å². The van der Waals surface area contributed by atoms with Crippen LogP contribution >= 0.6 is 0 Å². The fourth-order valence-electron chi connectivity index (χ4n) is 4.84. The summed E-state index contributed by atoms with van der Waals surface area (Å²) in [6, 6.07) is 22.8. The molecule has 3 amide bonds. The number of halogens is 1. The van der Waals surface area contributed by atoms with E-state index < -0.39 is 11.4 Å². The van der Waals surface area contributed by atoms with Gasteiger partial charge in [0.2, 0.25) is 11.8 Å². The third-order valence-corrected chi connectivity index (χ3v) is 7.04. The van der Waals surface area contributed by atoms with Crippen LogP contribution in [0.15, 0.2) is 78.9 Å². The van der Waals surface area contributed by atoms with Gasteiger partial charge in [0.15, 0.2) is 0 Å². The summed E-state index contributed by atoms with van der Waals surface area (Å²) in [5, 5.41) is 3.04. The number of amides is 3. The molecular formula is C30H32FN3O3. The van der Waals surface area contributed by atoms with Gasteiger partial charge in [-0.2, -0.15) is 0 Å². The van der Waals surface area contributed by atoms with Crippen LogP contribution < -0.4 is 5.32 Å². The lowest BCUT2D eigenvalue weighted by Gasteiger charge is -2.47. The largest absolute Gasteiger partial charge is 0.350 e. The van der Waals surface area contributed by atoms with Crippen molar-refractivity contribution in [1.82, 2.24) is 15.1 Å². The summed E-state index contributed by atoms with van der Waals surface area (Å²) in [6.07, 6.45) is 0.556. The van der Waals surface area contributed by atoms with Crippen molar-refractivity contribution in [2.75, 3.05) is 13.1 Å². The SMILES string of the molecule is CC(=O)N1CCC(C(=O)NCc2ccccc2)(N(Cc2cccc(F)c2)C(=O)c2ccc(C)cc2)CC1. The summed E-state index contributed by atoms with van der Waals surface area (Å²) in [6.45, 7) is 4.50. The molecule has 4 rings (SSSR count). The van der Waals surface area contributed by atoms with E-state index in [1.165, 1.54) is 19.1 Å². The minimum absolute atomic E-state index is 0.0588. The summed E-state index contributed by atoms with van der Waals surface area (Å²) in [4.78, 5) is 43.3. The van der Waals surface area contributed by atoms with Crippen molar-refractivity contribution in [2.24, 2.45) is 0 Å². The molecule has 1 aliphatic rings. The second-order valence-electron chi connectivity index (χ2n) is 9.59. The second kappa shape index (κ2) is 11.4. The molecule has 0 unspecified atom stereocenters. The molecule has 6 nitrogen and oxygen atoms in total. The zero-order valence-corrected chi connectivity index (χ0v) is 21.2. The number of benzene rings is 3. The van der Waals surface area contributed by atoms with Gasteiger partial charge in [0, 0.05) is 38.7 Å². The van der Waals surface area contributed by atoms with Crippen molar-refractivity contribution in [3.05, 3.63) is 107 Å². The summed E-state index contributed by atoms with van der Waals surface area (Å²) < 4.78 is 14.1. The highest BCUT2D eigenvalue weighted by Gasteiger charge is 2.48. The first-order chi connectivity index (χ1) is 17.8. The first-order valence-corrected chi connectivity index (χ1v) is 12.5. The number of carbonyl (C=O) groups is 3. The molecule has 0 saturated carbocycles. The molecule has 192 valence electrons. The van der Waals surface area contributed by atoms with Crippen LogP contribution in [0.25, 0.3) is 0 Å². The molecule has 0 radical (unpaired) electrons. The molecule has 37 heavy (non-hydrogen) atoms. The normalized spacial score (nSPS) is 14.6. The van der Waals surface area contributed by atoms with Crippen LogP contribution in [0.5, 0.6) is 0 Å². The van der Waals surface area contributed by atoms with Gasteiger partial charge in [-0.3, -0.25) is 14.4 Å². The highest BCUT2D eigenvalue weighted by molar-refractivity contribution is 5.99. The molecule has 1 aliphatic heterocycles. The fourth-order valence-corrected chi connectivity index (χ4v) is 4.84. The molecule has 0 aromatic heterocycles. The van der Waals surface area contributed by atoms with Crippen LogP contribution in [0.1, 0.15) is 46.8 Å². The van der Waals surface area contributed by atoms with Crippen LogP contribution in [-0.4, -0.2) is 46.1 Å². The lowest BCUT2D eigenvalue weighted by atomic mass is 9.83. The minimum atomic E-state index is -1.21. The zero-order valence-electron chi connectivity index (χ0n) is 21.2. The van der Waals surface area contributed by atoms with Crippen LogP contribution in [0.3, 0.4) is 0 Å². The zero-order chi connectivity index (χ0) is 26.4. The Morgan fingerprint density at radius 1 is 0.919 bits per heavy atom. The summed E-state index contributed by atoms with van der Waals surface area (Å²) in [5.41, 5.74) is 1.78. The van der Waals surface area contributed by atoms with E-state index >= 15 is 0 Å². The highest BCUT2D eigenvalue weighted by Crippen LogP contribution is 2.33. The van der Waals surface area contributed by atoms with E-state index in [9.17, 15) is 18.8 Å². The molecule has 0 spiro atoms. The number of likely N-dealkylation sites (tertiary alicyclic amines) is 1. The lowest BCUT2D eigenvalue weighted by Crippen LogP contribution is -2.64. The number of rotatable bonds is 7. The van der Waals surface area contributed by atoms with Gasteiger partial charge in [0.05, 0.1) is 0 Å². The summed E-state index contributed by atoms with van der Waals surface area (Å²) in [7, 11) is 0. The van der Waals surface area contributed by atoms with E-state index in [-0.39, 0.29) is 37.1 Å². The predicted molar refractivity (Wildman–Crippen MR) is 140 cm³/mol. The highest BCUT2D eigenvalue weighted by atomic mass is 19.1. The Morgan fingerprint density at radius 2 is 1.57 bits per heavy atom. The number of aryl methyl sites for hydroxylation is 1. The monoisotopic (exact) mass is 501 g/mol. The first-order valence-electron chi connectivity index (χ1n) is 12.5. The number of nitrogens with one attached hydrogen (secondary N) is 1. The quantitative estimate of drug-likeness (QED) is 0.519. The lowest BCUT2D eigenvalue weighted by molar-refractivity contribution is -0.141. The van der Waals surface area contributed by atoms with E-state index in [0.29, 0.717) is 30.8 Å². The van der Waals surface area contributed by atoms with Gasteiger partial charge in [0.1, 0.15) is 11.4 Å². The van der Waals surface area contributed by atoms with Crippen molar-refractivity contribution < 1.29 is 18.8 Å². The van der Waals surface area contributed by atoms with Gasteiger partial charge in [-0.15, -0.1) is 0 Å². The average molecular weight is 502 g/mol. The van der Waals surface area contributed by atoms with Gasteiger partial charge in [-0.25, -0.2) is 4.39 Å². The van der Waals surface area contributed by atoms with Crippen molar-refractivity contribution in [1.29, 1.82) is 0 Å². The third-order valence-electron chi connectivity index (χ3n) is 7.04. The molecule has 0 atom stereocenters. The van der Waals surface area contributed by atoms with Gasteiger partial charge in [-0.05, 0) is 55.2 Å². The third kappa shape index (κ3) is 6.05. The number of nitrogens with zero attached hydrogens (tertiary/aromatic N) is 2. The van der Waals surface area contributed by atoms with E-state index in [4.69, 9.17) is 0 Å². The van der Waals surface area contributed by atoms with Crippen LogP contribution in [-0.2, 0) is 22.7 Å². The topological polar surface area (TPSA) is 69.7 Å². The Balaban J connectivity index is 1.73. The predicted octanol–water partition coefficient (Wildman–Crippen LogP) is 4.47. The second-order valence-corrected chi connectivity index (χ2v) is 9.59. The van der Waals surface area contributed by atoms with E-state index in [0.717, 1.165) is 11.1 Å². The van der Waals surface area contributed by atoms with Crippen molar-refractivity contribution in [3.63, 3.8) is 0 Å². The molecule has 3 aromatic rings. The van der Waals surface area contributed by atoms with Crippen molar-refractivity contribution >= 4 is 17.7 Å². The number of hydrogen-bond acceptors (Lipinski definition) is 3. The molecule has 7 heteroatoms. The van der Waals surface area contributed by atoms with Gasteiger partial charge in [0.25, 0.3) is 5.91 Å². The number of hydrogen-bond donors (Lipinski definition) is 1. The smallest absolute Gasteiger partial charge is 0.255 e. The van der Waals surface area contributed by atoms with Gasteiger partial charge < -0.3 is 15.1 Å². The molecule has 1 fully saturated rings. The summed E-state index contributed by atoms with van der Waals surface area (Å²) in [5.74, 6) is -1.07. The first kappa shape index (κ1) is 26.1. The molecule has 1 saturated heterocycles. The van der Waals surface area contributed by atoms with Crippen LogP contribution in [0.2, 0.25) is 0 Å². The van der Waals surface area contributed by atoms with E-state index in [1.807, 2.05) is 49.4 Å². The molecule has 1 N–H and O–H groups in total. The average Bonchev–Trinajstić information content (AvgIpc) is 2.91. The Morgan fingerprint density at radius 3 is 2.19 bits per heavy atom. The molecule has 0 bridgehead atoms. The fraction of sp³-hybridized carbons (Fsp3) is 0.300. The Hall–Kier alpha value is -4.00. The number of piperidine rings is 1. The Bertz CT molecular complexity index is 1250. The van der Waals surface area contributed by atoms with Crippen molar-refractivity contribution in [2.45, 2.75) is 45.3 Å². The maximum absolute atomic E-state index is 14.1. The Kier molecular flexibility index (Phi) is 8.01. The standard InChI is InChI=1S/C30H32FN3O3/c1-22-11-13-26(14-12-22)28(36)34(21-25-9-6-10-27(31)19-25)30(15-17-33(18-16-30)23(2)35)29(37)32-20-24-7-4-3-5-8-24/h3-14,19H,15-18,20-21H2,1-2H3,(H,32,37).